The maximum absolute atomic E-state index is 13.3. The molecule has 1 aromatic rings. The first kappa shape index (κ1) is 17.6. The minimum absolute atomic E-state index is 0.0408. The molecular weight excluding hydrogens is 333 g/mol. The van der Waals surface area contributed by atoms with Gasteiger partial charge in [0.05, 0.1) is 30.2 Å². The number of ether oxygens (including phenoxy) is 1. The van der Waals surface area contributed by atoms with Crippen LogP contribution in [0.5, 0.6) is 0 Å². The monoisotopic (exact) mass is 355 g/mol. The highest BCUT2D eigenvalue weighted by molar-refractivity contribution is 6.30. The first-order valence-corrected chi connectivity index (χ1v) is 8.91. The highest BCUT2D eigenvalue weighted by Gasteiger charge is 2.35. The van der Waals surface area contributed by atoms with Crippen molar-refractivity contribution in [1.29, 1.82) is 0 Å². The SMILES string of the molecule is O=C(CC1(O)CCCCC1)N1CCO[C@@H](c2ccc(F)c(Cl)c2)C1. The predicted molar refractivity (Wildman–Crippen MR) is 89.3 cm³/mol. The van der Waals surface area contributed by atoms with E-state index >= 15 is 0 Å². The molecule has 0 unspecified atom stereocenters. The maximum Gasteiger partial charge on any atom is 0.225 e. The first-order valence-electron chi connectivity index (χ1n) is 8.54. The van der Waals surface area contributed by atoms with Crippen molar-refractivity contribution in [2.24, 2.45) is 0 Å². The average molecular weight is 356 g/mol. The number of carbonyl (C=O) groups excluding carboxylic acids is 1. The topological polar surface area (TPSA) is 49.8 Å². The zero-order valence-corrected chi connectivity index (χ0v) is 14.4. The third kappa shape index (κ3) is 4.08. The van der Waals surface area contributed by atoms with Gasteiger partial charge in [0.15, 0.2) is 0 Å². The number of halogens is 2. The Morgan fingerprint density at radius 3 is 2.83 bits per heavy atom. The van der Waals surface area contributed by atoms with E-state index < -0.39 is 11.4 Å². The summed E-state index contributed by atoms with van der Waals surface area (Å²) in [4.78, 5) is 14.3. The van der Waals surface area contributed by atoms with E-state index in [1.54, 1.807) is 17.0 Å². The van der Waals surface area contributed by atoms with Crippen molar-refractivity contribution in [3.63, 3.8) is 0 Å². The Labute approximate surface area is 146 Å². The zero-order chi connectivity index (χ0) is 17.2. The Hall–Kier alpha value is -1.17. The third-order valence-electron chi connectivity index (χ3n) is 5.00. The molecule has 1 N–H and O–H groups in total. The van der Waals surface area contributed by atoms with Crippen molar-refractivity contribution in [2.45, 2.75) is 50.2 Å². The Balaban J connectivity index is 1.64. The van der Waals surface area contributed by atoms with Gasteiger partial charge in [-0.2, -0.15) is 0 Å². The summed E-state index contributed by atoms with van der Waals surface area (Å²) in [5.41, 5.74) is -0.0993. The Kier molecular flexibility index (Phi) is 5.42. The number of hydrogen-bond acceptors (Lipinski definition) is 3. The Morgan fingerprint density at radius 1 is 1.38 bits per heavy atom. The molecule has 0 spiro atoms. The molecule has 1 aromatic carbocycles. The van der Waals surface area contributed by atoms with Gasteiger partial charge in [0, 0.05) is 6.54 Å². The number of amides is 1. The molecule has 3 rings (SSSR count). The fraction of sp³-hybridized carbons (Fsp3) is 0.611. The number of aliphatic hydroxyl groups is 1. The maximum atomic E-state index is 13.3. The van der Waals surface area contributed by atoms with Gasteiger partial charge in [-0.05, 0) is 30.5 Å². The molecule has 1 saturated heterocycles. The summed E-state index contributed by atoms with van der Waals surface area (Å²) in [5, 5.41) is 10.6. The minimum atomic E-state index is -0.859. The Morgan fingerprint density at radius 2 is 2.12 bits per heavy atom. The molecule has 0 aromatic heterocycles. The molecule has 2 fully saturated rings. The lowest BCUT2D eigenvalue weighted by molar-refractivity contribution is -0.145. The summed E-state index contributed by atoms with van der Waals surface area (Å²) in [7, 11) is 0. The number of benzene rings is 1. The summed E-state index contributed by atoms with van der Waals surface area (Å²) in [6.07, 6.45) is 4.32. The number of rotatable bonds is 3. The lowest BCUT2D eigenvalue weighted by Gasteiger charge is -2.37. The van der Waals surface area contributed by atoms with Crippen molar-refractivity contribution in [2.75, 3.05) is 19.7 Å². The van der Waals surface area contributed by atoms with Crippen LogP contribution in [0.4, 0.5) is 4.39 Å². The van der Waals surface area contributed by atoms with Crippen molar-refractivity contribution in [1.82, 2.24) is 4.90 Å². The fourth-order valence-corrected chi connectivity index (χ4v) is 3.76. The van der Waals surface area contributed by atoms with Gasteiger partial charge in [-0.1, -0.05) is 36.9 Å². The molecule has 24 heavy (non-hydrogen) atoms. The summed E-state index contributed by atoms with van der Waals surface area (Å²) in [6, 6.07) is 4.49. The van der Waals surface area contributed by atoms with E-state index in [2.05, 4.69) is 0 Å². The molecule has 1 atom stereocenters. The molecule has 4 nitrogen and oxygen atoms in total. The van der Waals surface area contributed by atoms with Crippen molar-refractivity contribution >= 4 is 17.5 Å². The van der Waals surface area contributed by atoms with E-state index in [0.29, 0.717) is 32.5 Å². The molecule has 1 amide bonds. The smallest absolute Gasteiger partial charge is 0.225 e. The standard InChI is InChI=1S/C18H23ClFNO3/c19-14-10-13(4-5-15(14)20)16-12-21(8-9-24-16)17(22)11-18(23)6-2-1-3-7-18/h4-5,10,16,23H,1-3,6-9,11-12H2/t16-/m1/s1. The van der Waals surface area contributed by atoms with Crippen LogP contribution in [0.25, 0.3) is 0 Å². The van der Waals surface area contributed by atoms with Gasteiger partial charge in [-0.3, -0.25) is 4.79 Å². The van der Waals surface area contributed by atoms with Crippen molar-refractivity contribution < 1.29 is 19.0 Å². The van der Waals surface area contributed by atoms with Crippen LogP contribution in [0.1, 0.15) is 50.2 Å². The van der Waals surface area contributed by atoms with Crippen LogP contribution >= 0.6 is 11.6 Å². The number of nitrogens with zero attached hydrogens (tertiary/aromatic N) is 1. The van der Waals surface area contributed by atoms with Crippen LogP contribution in [0.3, 0.4) is 0 Å². The average Bonchev–Trinajstić information content (AvgIpc) is 2.58. The van der Waals surface area contributed by atoms with E-state index in [0.717, 1.165) is 24.8 Å². The summed E-state index contributed by atoms with van der Waals surface area (Å²) in [6.45, 7) is 1.33. The lowest BCUT2D eigenvalue weighted by atomic mass is 9.82. The van der Waals surface area contributed by atoms with Gasteiger partial charge in [0.2, 0.25) is 5.91 Å². The minimum Gasteiger partial charge on any atom is -0.389 e. The summed E-state index contributed by atoms with van der Waals surface area (Å²) >= 11 is 5.83. The highest BCUT2D eigenvalue weighted by atomic mass is 35.5. The van der Waals surface area contributed by atoms with Crippen molar-refractivity contribution in [3.05, 3.63) is 34.6 Å². The van der Waals surface area contributed by atoms with Crippen LogP contribution in [-0.2, 0) is 9.53 Å². The quantitative estimate of drug-likeness (QED) is 0.903. The molecule has 1 aliphatic heterocycles. The normalized spacial score (nSPS) is 24.0. The number of carbonyl (C=O) groups is 1. The predicted octanol–water partition coefficient (Wildman–Crippen LogP) is 3.46. The largest absolute Gasteiger partial charge is 0.389 e. The number of morpholine rings is 1. The van der Waals surface area contributed by atoms with Gasteiger partial charge < -0.3 is 14.7 Å². The van der Waals surface area contributed by atoms with Gasteiger partial charge in [0.25, 0.3) is 0 Å². The molecule has 132 valence electrons. The third-order valence-corrected chi connectivity index (χ3v) is 5.29. The van der Waals surface area contributed by atoms with Gasteiger partial charge in [-0.25, -0.2) is 4.39 Å². The number of hydrogen-bond donors (Lipinski definition) is 1. The van der Waals surface area contributed by atoms with E-state index in [9.17, 15) is 14.3 Å². The van der Waals surface area contributed by atoms with Gasteiger partial charge >= 0.3 is 0 Å². The highest BCUT2D eigenvalue weighted by Crippen LogP contribution is 2.32. The van der Waals surface area contributed by atoms with E-state index in [4.69, 9.17) is 16.3 Å². The van der Waals surface area contributed by atoms with Gasteiger partial charge in [0.1, 0.15) is 11.9 Å². The van der Waals surface area contributed by atoms with Crippen molar-refractivity contribution in [3.8, 4) is 0 Å². The molecule has 0 radical (unpaired) electrons. The first-order chi connectivity index (χ1) is 11.5. The Bertz CT molecular complexity index is 604. The molecule has 2 aliphatic rings. The fourth-order valence-electron chi connectivity index (χ4n) is 3.57. The van der Waals surface area contributed by atoms with E-state index in [1.807, 2.05) is 0 Å². The molecule has 1 aliphatic carbocycles. The van der Waals surface area contributed by atoms with E-state index in [-0.39, 0.29) is 23.5 Å². The second-order valence-corrected chi connectivity index (χ2v) is 7.24. The van der Waals surface area contributed by atoms with E-state index in [1.165, 1.54) is 6.07 Å². The van der Waals surface area contributed by atoms with Crippen LogP contribution in [0.15, 0.2) is 18.2 Å². The molecular formula is C18H23ClFNO3. The molecule has 0 bridgehead atoms. The second kappa shape index (κ2) is 7.38. The lowest BCUT2D eigenvalue weighted by Crippen LogP contribution is -2.46. The molecule has 1 heterocycles. The second-order valence-electron chi connectivity index (χ2n) is 6.83. The van der Waals surface area contributed by atoms with Crippen LogP contribution in [0.2, 0.25) is 5.02 Å². The molecule has 1 saturated carbocycles. The van der Waals surface area contributed by atoms with Crippen LogP contribution in [0, 0.1) is 5.82 Å². The summed E-state index contributed by atoms with van der Waals surface area (Å²) in [5.74, 6) is -0.510. The van der Waals surface area contributed by atoms with Crippen LogP contribution < -0.4 is 0 Å². The van der Waals surface area contributed by atoms with Crippen LogP contribution in [-0.4, -0.2) is 41.2 Å². The molecule has 6 heteroatoms. The summed E-state index contributed by atoms with van der Waals surface area (Å²) < 4.78 is 19.0. The zero-order valence-electron chi connectivity index (χ0n) is 13.6. The van der Waals surface area contributed by atoms with Gasteiger partial charge in [-0.15, -0.1) is 0 Å².